The molecule has 1 spiro atoms. The van der Waals surface area contributed by atoms with E-state index in [1.807, 2.05) is 0 Å². The van der Waals surface area contributed by atoms with Crippen LogP contribution in [0.3, 0.4) is 0 Å². The van der Waals surface area contributed by atoms with E-state index in [1.54, 1.807) is 0 Å². The average Bonchev–Trinajstić information content (AvgIpc) is 2.99. The number of likely N-dealkylation sites (tertiary alicyclic amines) is 1. The fourth-order valence-electron chi connectivity index (χ4n) is 2.94. The van der Waals surface area contributed by atoms with Crippen LogP contribution in [0.1, 0.15) is 40.0 Å². The van der Waals surface area contributed by atoms with Gasteiger partial charge in [0.25, 0.3) is 0 Å². The summed E-state index contributed by atoms with van der Waals surface area (Å²) in [5, 5.41) is 3.44. The second-order valence-electron chi connectivity index (χ2n) is 6.39. The van der Waals surface area contributed by atoms with Gasteiger partial charge in [0, 0.05) is 38.2 Å². The van der Waals surface area contributed by atoms with Gasteiger partial charge >= 0.3 is 0 Å². The van der Waals surface area contributed by atoms with Crippen molar-refractivity contribution in [1.29, 1.82) is 0 Å². The topological polar surface area (TPSA) is 36.9 Å². The van der Waals surface area contributed by atoms with E-state index in [-0.39, 0.29) is 0 Å². The highest BCUT2D eigenvalue weighted by Gasteiger charge is 2.42. The zero-order valence-electron chi connectivity index (χ0n) is 12.7. The summed E-state index contributed by atoms with van der Waals surface area (Å²) in [5.74, 6) is 1.83. The number of rotatable bonds is 4. The Morgan fingerprint density at radius 1 is 1.42 bits per heavy atom. The molecule has 110 valence electrons. The molecule has 19 heavy (non-hydrogen) atoms. The number of guanidine groups is 1. The summed E-state index contributed by atoms with van der Waals surface area (Å²) in [4.78, 5) is 7.21. The van der Waals surface area contributed by atoms with Gasteiger partial charge < -0.3 is 15.0 Å². The standard InChI is InChI=1S/C15H29N3O/c1-4-16-14(17-8-5-13(2)3)18-9-6-15(11-18)7-10-19-12-15/h13H,4-12H2,1-3H3,(H,16,17). The zero-order valence-corrected chi connectivity index (χ0v) is 12.7. The van der Waals surface area contributed by atoms with Crippen molar-refractivity contribution in [3.05, 3.63) is 0 Å². The lowest BCUT2D eigenvalue weighted by Gasteiger charge is -2.25. The summed E-state index contributed by atoms with van der Waals surface area (Å²) in [5.41, 5.74) is 0.411. The molecule has 2 rings (SSSR count). The lowest BCUT2D eigenvalue weighted by Crippen LogP contribution is -2.41. The third-order valence-corrected chi connectivity index (χ3v) is 4.23. The molecule has 0 aromatic carbocycles. The van der Waals surface area contributed by atoms with Crippen LogP contribution in [0.15, 0.2) is 4.99 Å². The number of nitrogens with one attached hydrogen (secondary N) is 1. The highest BCUT2D eigenvalue weighted by atomic mass is 16.5. The summed E-state index contributed by atoms with van der Waals surface area (Å²) in [7, 11) is 0. The number of ether oxygens (including phenoxy) is 1. The summed E-state index contributed by atoms with van der Waals surface area (Å²) in [6.45, 7) is 12.6. The van der Waals surface area contributed by atoms with Crippen LogP contribution in [0.4, 0.5) is 0 Å². The Labute approximate surface area is 117 Å². The van der Waals surface area contributed by atoms with Crippen LogP contribution in [0.5, 0.6) is 0 Å². The molecule has 4 nitrogen and oxygen atoms in total. The first-order valence-corrected chi connectivity index (χ1v) is 7.76. The minimum Gasteiger partial charge on any atom is -0.381 e. The molecule has 0 aromatic heterocycles. The van der Waals surface area contributed by atoms with Gasteiger partial charge in [-0.15, -0.1) is 0 Å². The molecule has 2 aliphatic rings. The van der Waals surface area contributed by atoms with E-state index in [2.05, 4.69) is 31.0 Å². The Hall–Kier alpha value is -0.770. The summed E-state index contributed by atoms with van der Waals surface area (Å²) < 4.78 is 5.60. The second kappa shape index (κ2) is 6.60. The maximum atomic E-state index is 5.60. The number of hydrogen-bond donors (Lipinski definition) is 1. The van der Waals surface area contributed by atoms with Gasteiger partial charge in [0.15, 0.2) is 5.96 Å². The lowest BCUT2D eigenvalue weighted by molar-refractivity contribution is 0.156. The molecule has 1 unspecified atom stereocenters. The van der Waals surface area contributed by atoms with E-state index in [0.29, 0.717) is 5.41 Å². The van der Waals surface area contributed by atoms with Gasteiger partial charge in [0.1, 0.15) is 0 Å². The van der Waals surface area contributed by atoms with Crippen molar-refractivity contribution in [2.75, 3.05) is 39.4 Å². The SMILES string of the molecule is CCNC(=NCCC(C)C)N1CCC2(CCOC2)C1. The first-order chi connectivity index (χ1) is 9.15. The fraction of sp³-hybridized carbons (Fsp3) is 0.933. The molecule has 4 heteroatoms. The van der Waals surface area contributed by atoms with Crippen LogP contribution in [-0.2, 0) is 4.74 Å². The molecule has 0 aromatic rings. The maximum Gasteiger partial charge on any atom is 0.193 e. The van der Waals surface area contributed by atoms with Crippen molar-refractivity contribution >= 4 is 5.96 Å². The molecule has 0 amide bonds. The van der Waals surface area contributed by atoms with Crippen LogP contribution in [0.25, 0.3) is 0 Å². The molecule has 2 heterocycles. The Balaban J connectivity index is 1.92. The predicted octanol–water partition coefficient (Wildman–Crippen LogP) is 2.11. The average molecular weight is 267 g/mol. The minimum absolute atomic E-state index is 0.411. The lowest BCUT2D eigenvalue weighted by atomic mass is 9.87. The van der Waals surface area contributed by atoms with Crippen LogP contribution in [-0.4, -0.2) is 50.3 Å². The van der Waals surface area contributed by atoms with Gasteiger partial charge in [-0.2, -0.15) is 0 Å². The molecule has 2 saturated heterocycles. The molecule has 2 fully saturated rings. The van der Waals surface area contributed by atoms with E-state index in [4.69, 9.17) is 9.73 Å². The van der Waals surface area contributed by atoms with Gasteiger partial charge in [-0.1, -0.05) is 13.8 Å². The van der Waals surface area contributed by atoms with Gasteiger partial charge in [-0.25, -0.2) is 0 Å². The quantitative estimate of drug-likeness (QED) is 0.626. The minimum atomic E-state index is 0.411. The normalized spacial score (nSPS) is 27.8. The van der Waals surface area contributed by atoms with Crippen molar-refractivity contribution in [3.63, 3.8) is 0 Å². The van der Waals surface area contributed by atoms with Crippen LogP contribution >= 0.6 is 0 Å². The van der Waals surface area contributed by atoms with E-state index >= 15 is 0 Å². The van der Waals surface area contributed by atoms with Crippen LogP contribution < -0.4 is 5.32 Å². The summed E-state index contributed by atoms with van der Waals surface area (Å²) in [6.07, 6.45) is 3.63. The van der Waals surface area contributed by atoms with Gasteiger partial charge in [-0.3, -0.25) is 4.99 Å². The molecule has 0 aliphatic carbocycles. The van der Waals surface area contributed by atoms with Crippen molar-refractivity contribution < 1.29 is 4.74 Å². The monoisotopic (exact) mass is 267 g/mol. The van der Waals surface area contributed by atoms with E-state index < -0.39 is 0 Å². The first kappa shape index (κ1) is 14.6. The van der Waals surface area contributed by atoms with E-state index in [9.17, 15) is 0 Å². The maximum absolute atomic E-state index is 5.60. The molecule has 0 radical (unpaired) electrons. The molecule has 2 aliphatic heterocycles. The van der Waals surface area contributed by atoms with Crippen molar-refractivity contribution in [2.24, 2.45) is 16.3 Å². The second-order valence-corrected chi connectivity index (χ2v) is 6.39. The molecule has 0 bridgehead atoms. The van der Waals surface area contributed by atoms with Crippen LogP contribution in [0.2, 0.25) is 0 Å². The highest BCUT2D eigenvalue weighted by Crippen LogP contribution is 2.38. The largest absolute Gasteiger partial charge is 0.381 e. The van der Waals surface area contributed by atoms with Crippen molar-refractivity contribution in [3.8, 4) is 0 Å². The van der Waals surface area contributed by atoms with Gasteiger partial charge in [-0.05, 0) is 32.1 Å². The highest BCUT2D eigenvalue weighted by molar-refractivity contribution is 5.80. The van der Waals surface area contributed by atoms with E-state index in [1.165, 1.54) is 12.8 Å². The molecule has 1 atom stereocenters. The predicted molar refractivity (Wildman–Crippen MR) is 79.5 cm³/mol. The Morgan fingerprint density at radius 2 is 2.26 bits per heavy atom. The molecule has 1 N–H and O–H groups in total. The Kier molecular flexibility index (Phi) is 5.08. The van der Waals surface area contributed by atoms with Crippen molar-refractivity contribution in [2.45, 2.75) is 40.0 Å². The number of nitrogens with zero attached hydrogens (tertiary/aromatic N) is 2. The number of aliphatic imine (C=N–C) groups is 1. The first-order valence-electron chi connectivity index (χ1n) is 7.76. The third kappa shape index (κ3) is 3.85. The summed E-state index contributed by atoms with van der Waals surface area (Å²) >= 11 is 0. The smallest absolute Gasteiger partial charge is 0.193 e. The van der Waals surface area contributed by atoms with Gasteiger partial charge in [0.2, 0.25) is 0 Å². The molecular weight excluding hydrogens is 238 g/mol. The Morgan fingerprint density at radius 3 is 2.89 bits per heavy atom. The molecule has 0 saturated carbocycles. The van der Waals surface area contributed by atoms with E-state index in [0.717, 1.165) is 57.7 Å². The summed E-state index contributed by atoms with van der Waals surface area (Å²) in [6, 6.07) is 0. The van der Waals surface area contributed by atoms with Gasteiger partial charge in [0.05, 0.1) is 6.61 Å². The van der Waals surface area contributed by atoms with Crippen LogP contribution in [0, 0.1) is 11.3 Å². The third-order valence-electron chi connectivity index (χ3n) is 4.23. The van der Waals surface area contributed by atoms with Crippen molar-refractivity contribution in [1.82, 2.24) is 10.2 Å². The zero-order chi connectivity index (χ0) is 13.7. The fourth-order valence-corrected chi connectivity index (χ4v) is 2.94. The number of hydrogen-bond acceptors (Lipinski definition) is 2. The Bertz CT molecular complexity index is 309. The molecular formula is C15H29N3O.